The van der Waals surface area contributed by atoms with Gasteiger partial charge in [0, 0.05) is 94.0 Å². The number of halogens is 1. The number of nitrogens with zero attached hydrogens (tertiary/aromatic N) is 5. The van der Waals surface area contributed by atoms with Crippen molar-refractivity contribution in [3.8, 4) is 0 Å². The van der Waals surface area contributed by atoms with Crippen molar-refractivity contribution in [3.63, 3.8) is 0 Å². The van der Waals surface area contributed by atoms with Gasteiger partial charge >= 0.3 is 6.03 Å². The van der Waals surface area contributed by atoms with E-state index in [1.54, 1.807) is 48.3 Å². The Morgan fingerprint density at radius 3 is 2.33 bits per heavy atom. The number of piperazine rings is 1. The third-order valence-electron chi connectivity index (χ3n) is 11.2. The van der Waals surface area contributed by atoms with E-state index in [0.717, 1.165) is 11.4 Å². The largest absolute Gasteiger partial charge is 0.380 e. The average Bonchev–Trinajstić information content (AvgIpc) is 3.66. The minimum atomic E-state index is -0.731. The lowest BCUT2D eigenvalue weighted by Crippen LogP contribution is -2.52. The van der Waals surface area contributed by atoms with Gasteiger partial charge in [-0.3, -0.25) is 29.3 Å². The predicted octanol–water partition coefficient (Wildman–Crippen LogP) is 3.22. The molecule has 20 nitrogen and oxygen atoms in total. The Morgan fingerprint density at radius 1 is 0.848 bits per heavy atom. The van der Waals surface area contributed by atoms with Crippen molar-refractivity contribution < 1.29 is 38.2 Å². The molecular formula is C45H53ClN12O8. The number of hydrogen-bond acceptors (Lipinski definition) is 14. The smallest absolute Gasteiger partial charge is 0.317 e. The van der Waals surface area contributed by atoms with Crippen LogP contribution in [0, 0.1) is 0 Å². The van der Waals surface area contributed by atoms with Gasteiger partial charge in [-0.25, -0.2) is 9.78 Å². The molecule has 7 N–H and O–H groups in total. The van der Waals surface area contributed by atoms with E-state index in [2.05, 4.69) is 52.1 Å². The Balaban J connectivity index is 0.711. The second kappa shape index (κ2) is 22.8. The second-order valence-corrected chi connectivity index (χ2v) is 15.9. The number of hydrogen-bond donors (Lipinski definition) is 7. The number of carbonyl (C=O) groups is 6. The summed E-state index contributed by atoms with van der Waals surface area (Å²) in [5, 5.41) is 20.6. The molecule has 21 heteroatoms. The number of anilines is 6. The van der Waals surface area contributed by atoms with Crippen molar-refractivity contribution in [2.75, 3.05) is 100 Å². The molecule has 0 spiro atoms. The van der Waals surface area contributed by atoms with Crippen LogP contribution in [0.15, 0.2) is 72.9 Å². The summed E-state index contributed by atoms with van der Waals surface area (Å²) in [7, 11) is 1.57. The molecule has 4 heterocycles. The van der Waals surface area contributed by atoms with Crippen LogP contribution in [0.4, 0.5) is 39.3 Å². The molecule has 0 bridgehead atoms. The Morgan fingerprint density at radius 2 is 1.58 bits per heavy atom. The molecular weight excluding hydrogens is 872 g/mol. The van der Waals surface area contributed by atoms with Crippen LogP contribution in [0.1, 0.15) is 45.5 Å². The van der Waals surface area contributed by atoms with Crippen molar-refractivity contribution in [2.45, 2.75) is 31.8 Å². The highest BCUT2D eigenvalue weighted by atomic mass is 35.5. The van der Waals surface area contributed by atoms with Gasteiger partial charge in [0.25, 0.3) is 11.8 Å². The van der Waals surface area contributed by atoms with Crippen LogP contribution in [-0.2, 0) is 30.4 Å². The molecule has 3 aliphatic heterocycles. The SMILES string of the molecule is CNC(=O)c1ccccc1Nc1nc(Nc2ccc(N3CCN(C(=O)NCCOCCNCCOCCC(=O)Nc4cccc5c4CN(C4CCC(=O)NC4=O)C5=O)CC3)cc2)ncc1Cl. The lowest BCUT2D eigenvalue weighted by molar-refractivity contribution is -0.137. The van der Waals surface area contributed by atoms with E-state index in [0.29, 0.717) is 110 Å². The Hall–Kier alpha value is -6.87. The van der Waals surface area contributed by atoms with Crippen molar-refractivity contribution in [1.29, 1.82) is 0 Å². The molecule has 4 aromatic rings. The fourth-order valence-electron chi connectivity index (χ4n) is 7.66. The predicted molar refractivity (Wildman–Crippen MR) is 247 cm³/mol. The van der Waals surface area contributed by atoms with Crippen LogP contribution in [0.25, 0.3) is 0 Å². The highest BCUT2D eigenvalue weighted by Gasteiger charge is 2.40. The Labute approximate surface area is 386 Å². The molecule has 1 atom stereocenters. The maximum Gasteiger partial charge on any atom is 0.317 e. The third-order valence-corrected chi connectivity index (χ3v) is 11.4. The van der Waals surface area contributed by atoms with Gasteiger partial charge in [-0.05, 0) is 55.0 Å². The van der Waals surface area contributed by atoms with Crippen LogP contribution >= 0.6 is 11.6 Å². The van der Waals surface area contributed by atoms with Gasteiger partial charge in [0.1, 0.15) is 11.1 Å². The zero-order chi connectivity index (χ0) is 46.4. The zero-order valence-electron chi connectivity index (χ0n) is 36.5. The normalized spacial score (nSPS) is 15.8. The van der Waals surface area contributed by atoms with Crippen LogP contribution < -0.4 is 42.1 Å². The average molecular weight is 925 g/mol. The maximum absolute atomic E-state index is 13.0. The van der Waals surface area contributed by atoms with Crippen LogP contribution in [0.3, 0.4) is 0 Å². The van der Waals surface area contributed by atoms with Crippen LogP contribution in [-0.4, -0.2) is 141 Å². The second-order valence-electron chi connectivity index (χ2n) is 15.5. The first-order chi connectivity index (χ1) is 32.1. The van der Waals surface area contributed by atoms with E-state index in [9.17, 15) is 28.8 Å². The molecule has 66 heavy (non-hydrogen) atoms. The molecule has 3 aromatic carbocycles. The molecule has 0 aliphatic carbocycles. The Kier molecular flexibility index (Phi) is 16.3. The number of fused-ring (bicyclic) bond motifs is 1. The number of imide groups is 1. The zero-order valence-corrected chi connectivity index (χ0v) is 37.2. The summed E-state index contributed by atoms with van der Waals surface area (Å²) in [5.41, 5.74) is 4.39. The Bertz CT molecular complexity index is 2400. The number of aromatic nitrogens is 2. The summed E-state index contributed by atoms with van der Waals surface area (Å²) < 4.78 is 11.3. The summed E-state index contributed by atoms with van der Waals surface area (Å²) in [6.07, 6.45) is 2.04. The van der Waals surface area contributed by atoms with Gasteiger partial charge in [-0.2, -0.15) is 4.98 Å². The van der Waals surface area contributed by atoms with Gasteiger partial charge in [0.2, 0.25) is 23.7 Å². The number of piperidine rings is 1. The van der Waals surface area contributed by atoms with Crippen molar-refractivity contribution in [1.82, 2.24) is 41.0 Å². The lowest BCUT2D eigenvalue weighted by Gasteiger charge is -2.36. The van der Waals surface area contributed by atoms with Gasteiger partial charge in [0.15, 0.2) is 5.82 Å². The van der Waals surface area contributed by atoms with Gasteiger partial charge in [-0.15, -0.1) is 0 Å². The van der Waals surface area contributed by atoms with Crippen LogP contribution in [0.2, 0.25) is 5.02 Å². The number of carbonyl (C=O) groups excluding carboxylic acids is 6. The topological polar surface area (TPSA) is 241 Å². The molecule has 1 aromatic heterocycles. The van der Waals surface area contributed by atoms with Crippen molar-refractivity contribution in [3.05, 3.63) is 94.6 Å². The summed E-state index contributed by atoms with van der Waals surface area (Å²) in [5.74, 6) is -0.960. The lowest BCUT2D eigenvalue weighted by atomic mass is 10.0. The summed E-state index contributed by atoms with van der Waals surface area (Å²) in [6, 6.07) is 19.1. The van der Waals surface area contributed by atoms with Crippen molar-refractivity contribution in [2.24, 2.45) is 0 Å². The van der Waals surface area contributed by atoms with Gasteiger partial charge in [0.05, 0.1) is 50.3 Å². The van der Waals surface area contributed by atoms with E-state index in [1.807, 2.05) is 30.3 Å². The van der Waals surface area contributed by atoms with Gasteiger partial charge < -0.3 is 56.1 Å². The molecule has 0 radical (unpaired) electrons. The van der Waals surface area contributed by atoms with Gasteiger partial charge in [-0.1, -0.05) is 29.8 Å². The fraction of sp³-hybridized carbons (Fsp3) is 0.378. The first-order valence-electron chi connectivity index (χ1n) is 21.8. The molecule has 2 saturated heterocycles. The van der Waals surface area contributed by atoms with E-state index < -0.39 is 11.9 Å². The number of rotatable bonds is 20. The molecule has 348 valence electrons. The van der Waals surface area contributed by atoms with E-state index >= 15 is 0 Å². The van der Waals surface area contributed by atoms with Crippen LogP contribution in [0.5, 0.6) is 0 Å². The molecule has 0 saturated carbocycles. The van der Waals surface area contributed by atoms with E-state index in [4.69, 9.17) is 21.1 Å². The minimum Gasteiger partial charge on any atom is -0.380 e. The third kappa shape index (κ3) is 12.3. The first kappa shape index (κ1) is 47.1. The molecule has 1 unspecified atom stereocenters. The standard InChI is InChI=1S/C45H53ClN12O8/c1-47-41(61)32-5-2-3-7-35(32)53-40-34(46)27-50-44(55-40)51-29-9-11-30(12-10-29)56-19-21-57(22-20-56)45(64)49-18-26-66-25-17-48-16-24-65-23-15-39(60)52-36-8-4-6-31-33(36)28-58(43(31)63)37-13-14-38(59)54-42(37)62/h2-12,27,37,48H,13-26,28H2,1H3,(H,47,61)(H,49,64)(H,52,60)(H,54,59,62)(H2,50,51,53,55). The number of nitrogens with one attached hydrogen (secondary N) is 7. The molecule has 2 fully saturated rings. The number of urea groups is 1. The van der Waals surface area contributed by atoms with Crippen molar-refractivity contribution >= 4 is 81.7 Å². The summed E-state index contributed by atoms with van der Waals surface area (Å²) >= 11 is 6.38. The number of ether oxygens (including phenoxy) is 2. The quantitative estimate of drug-likeness (QED) is 0.0498. The fourth-order valence-corrected chi connectivity index (χ4v) is 7.80. The first-order valence-corrected chi connectivity index (χ1v) is 22.1. The summed E-state index contributed by atoms with van der Waals surface area (Å²) in [6.45, 7) is 5.66. The monoisotopic (exact) mass is 924 g/mol. The highest BCUT2D eigenvalue weighted by molar-refractivity contribution is 6.33. The highest BCUT2D eigenvalue weighted by Crippen LogP contribution is 2.33. The molecule has 7 amide bonds. The number of para-hydroxylation sites is 1. The van der Waals surface area contributed by atoms with E-state index in [1.165, 1.54) is 11.1 Å². The number of amides is 7. The van der Waals surface area contributed by atoms with E-state index in [-0.39, 0.29) is 62.1 Å². The number of benzene rings is 3. The molecule has 7 rings (SSSR count). The summed E-state index contributed by atoms with van der Waals surface area (Å²) in [4.78, 5) is 89.1. The minimum absolute atomic E-state index is 0.121. The molecule has 3 aliphatic rings. The maximum atomic E-state index is 13.0.